The summed E-state index contributed by atoms with van der Waals surface area (Å²) in [6, 6.07) is 6.21. The summed E-state index contributed by atoms with van der Waals surface area (Å²) >= 11 is 0. The molecule has 208 valence electrons. The predicted octanol–water partition coefficient (Wildman–Crippen LogP) is 10.8. The molecule has 0 aliphatic rings. The lowest BCUT2D eigenvalue weighted by Crippen LogP contribution is -2.16. The van der Waals surface area contributed by atoms with E-state index in [9.17, 15) is 4.79 Å². The van der Waals surface area contributed by atoms with Crippen molar-refractivity contribution in [2.24, 2.45) is 5.92 Å². The number of carbonyl (C=O) groups is 1. The van der Waals surface area contributed by atoms with Crippen LogP contribution in [0.1, 0.15) is 159 Å². The normalized spacial score (nSPS) is 12.1. The van der Waals surface area contributed by atoms with Gasteiger partial charge in [0.05, 0.1) is 13.0 Å². The van der Waals surface area contributed by atoms with E-state index in [4.69, 9.17) is 4.74 Å². The van der Waals surface area contributed by atoms with E-state index in [1.165, 1.54) is 140 Å². The fourth-order valence-electron chi connectivity index (χ4n) is 5.22. The third kappa shape index (κ3) is 17.2. The standard InChI is InChI=1S/C34H60O2/c1-5-7-9-11-13-15-16-18-20-22-26-32(25-21-19-17-14-12-10-8-6-2)29-36-34(35)28-33-27-23-24-30(3)31(33)4/h23-24,27,32H,5-22,25-26,28-29H2,1-4H3. The Balaban J connectivity index is 2.32. The quantitative estimate of drug-likeness (QED) is 0.104. The van der Waals surface area contributed by atoms with Crippen molar-refractivity contribution in [2.45, 2.75) is 163 Å². The minimum Gasteiger partial charge on any atom is -0.465 e. The maximum absolute atomic E-state index is 12.6. The number of esters is 1. The Hall–Kier alpha value is -1.31. The minimum absolute atomic E-state index is 0.0623. The highest BCUT2D eigenvalue weighted by Gasteiger charge is 2.14. The molecule has 2 nitrogen and oxygen atoms in total. The number of hydrogen-bond donors (Lipinski definition) is 0. The van der Waals surface area contributed by atoms with E-state index >= 15 is 0 Å². The third-order valence-corrected chi connectivity index (χ3v) is 7.96. The van der Waals surface area contributed by atoms with Gasteiger partial charge in [-0.05, 0) is 49.3 Å². The first-order valence-electron chi connectivity index (χ1n) is 15.8. The smallest absolute Gasteiger partial charge is 0.310 e. The Labute approximate surface area is 225 Å². The van der Waals surface area contributed by atoms with Crippen LogP contribution in [0.3, 0.4) is 0 Å². The summed E-state index contributed by atoms with van der Waals surface area (Å²) in [5, 5.41) is 0. The van der Waals surface area contributed by atoms with E-state index in [1.54, 1.807) is 0 Å². The molecule has 0 N–H and O–H groups in total. The van der Waals surface area contributed by atoms with Crippen LogP contribution in [0, 0.1) is 19.8 Å². The molecule has 1 aromatic rings. The highest BCUT2D eigenvalue weighted by atomic mass is 16.5. The summed E-state index contributed by atoms with van der Waals surface area (Å²) in [5.41, 5.74) is 3.57. The lowest BCUT2D eigenvalue weighted by atomic mass is 9.94. The van der Waals surface area contributed by atoms with Crippen LogP contribution in [-0.2, 0) is 16.0 Å². The van der Waals surface area contributed by atoms with Gasteiger partial charge in [-0.3, -0.25) is 4.79 Å². The minimum atomic E-state index is -0.0623. The highest BCUT2D eigenvalue weighted by molar-refractivity contribution is 5.73. The second kappa shape index (κ2) is 22.9. The number of rotatable bonds is 24. The molecule has 1 atom stereocenters. The summed E-state index contributed by atoms with van der Waals surface area (Å²) in [5.74, 6) is 0.467. The molecule has 0 fully saturated rings. The average molecular weight is 501 g/mol. The number of carbonyl (C=O) groups excluding carboxylic acids is 1. The molecule has 0 saturated heterocycles. The molecule has 1 rings (SSSR count). The third-order valence-electron chi connectivity index (χ3n) is 7.96. The summed E-state index contributed by atoms with van der Waals surface area (Å²) in [4.78, 5) is 12.6. The lowest BCUT2D eigenvalue weighted by Gasteiger charge is -2.18. The van der Waals surface area contributed by atoms with Gasteiger partial charge in [-0.15, -0.1) is 0 Å². The molecule has 0 aromatic heterocycles. The van der Waals surface area contributed by atoms with Crippen LogP contribution in [0.15, 0.2) is 18.2 Å². The zero-order chi connectivity index (χ0) is 26.3. The van der Waals surface area contributed by atoms with Crippen molar-refractivity contribution in [3.63, 3.8) is 0 Å². The number of benzene rings is 1. The molecule has 0 saturated carbocycles. The van der Waals surface area contributed by atoms with Crippen LogP contribution in [0.4, 0.5) is 0 Å². The fourth-order valence-corrected chi connectivity index (χ4v) is 5.22. The Morgan fingerprint density at radius 2 is 1.11 bits per heavy atom. The largest absolute Gasteiger partial charge is 0.465 e. The van der Waals surface area contributed by atoms with Crippen molar-refractivity contribution in [3.8, 4) is 0 Å². The van der Waals surface area contributed by atoms with E-state index in [0.717, 1.165) is 5.56 Å². The molecule has 0 bridgehead atoms. The Bertz CT molecular complexity index is 651. The number of unbranched alkanes of at least 4 members (excludes halogenated alkanes) is 16. The lowest BCUT2D eigenvalue weighted by molar-refractivity contribution is -0.144. The van der Waals surface area contributed by atoms with Crippen molar-refractivity contribution < 1.29 is 9.53 Å². The zero-order valence-corrected chi connectivity index (χ0v) is 24.7. The van der Waals surface area contributed by atoms with Crippen LogP contribution in [0.5, 0.6) is 0 Å². The summed E-state index contributed by atoms with van der Waals surface area (Å²) < 4.78 is 5.83. The van der Waals surface area contributed by atoms with E-state index < -0.39 is 0 Å². The second-order valence-electron chi connectivity index (χ2n) is 11.3. The SMILES string of the molecule is CCCCCCCCCCCCC(CCCCCCCCCC)COC(=O)Cc1cccc(C)c1C. The molecule has 1 unspecified atom stereocenters. The first-order chi connectivity index (χ1) is 17.6. The number of hydrogen-bond acceptors (Lipinski definition) is 2. The maximum Gasteiger partial charge on any atom is 0.310 e. The molecular formula is C34H60O2. The maximum atomic E-state index is 12.6. The van der Waals surface area contributed by atoms with E-state index in [-0.39, 0.29) is 5.97 Å². The van der Waals surface area contributed by atoms with Crippen molar-refractivity contribution in [2.75, 3.05) is 6.61 Å². The number of aryl methyl sites for hydroxylation is 1. The van der Waals surface area contributed by atoms with E-state index in [1.807, 2.05) is 6.07 Å². The molecular weight excluding hydrogens is 440 g/mol. The molecule has 0 spiro atoms. The Kier molecular flexibility index (Phi) is 20.8. The molecule has 36 heavy (non-hydrogen) atoms. The summed E-state index contributed by atoms with van der Waals surface area (Å²) in [6.07, 6.45) is 27.4. The molecule has 0 radical (unpaired) electrons. The first kappa shape index (κ1) is 32.7. The van der Waals surface area contributed by atoms with Gasteiger partial charge in [0, 0.05) is 0 Å². The zero-order valence-electron chi connectivity index (χ0n) is 24.7. The molecule has 0 amide bonds. The topological polar surface area (TPSA) is 26.3 Å². The molecule has 0 aliphatic carbocycles. The summed E-state index contributed by atoms with van der Waals surface area (Å²) in [6.45, 7) is 9.39. The molecule has 1 aromatic carbocycles. The number of ether oxygens (including phenoxy) is 1. The molecule has 0 aliphatic heterocycles. The predicted molar refractivity (Wildman–Crippen MR) is 158 cm³/mol. The highest BCUT2D eigenvalue weighted by Crippen LogP contribution is 2.21. The molecule has 0 heterocycles. The van der Waals surface area contributed by atoms with Crippen LogP contribution in [-0.4, -0.2) is 12.6 Å². The first-order valence-corrected chi connectivity index (χ1v) is 15.8. The Morgan fingerprint density at radius 1 is 0.667 bits per heavy atom. The van der Waals surface area contributed by atoms with Gasteiger partial charge in [-0.1, -0.05) is 148 Å². The van der Waals surface area contributed by atoms with Crippen molar-refractivity contribution >= 4 is 5.97 Å². The van der Waals surface area contributed by atoms with Crippen LogP contribution >= 0.6 is 0 Å². The monoisotopic (exact) mass is 500 g/mol. The van der Waals surface area contributed by atoms with Crippen LogP contribution in [0.25, 0.3) is 0 Å². The van der Waals surface area contributed by atoms with Gasteiger partial charge in [0.15, 0.2) is 0 Å². The van der Waals surface area contributed by atoms with Gasteiger partial charge in [0.1, 0.15) is 0 Å². The van der Waals surface area contributed by atoms with E-state index in [0.29, 0.717) is 18.9 Å². The van der Waals surface area contributed by atoms with Gasteiger partial charge in [0.25, 0.3) is 0 Å². The van der Waals surface area contributed by atoms with Crippen molar-refractivity contribution in [1.29, 1.82) is 0 Å². The second-order valence-corrected chi connectivity index (χ2v) is 11.3. The molecule has 2 heteroatoms. The van der Waals surface area contributed by atoms with Gasteiger partial charge >= 0.3 is 5.97 Å². The van der Waals surface area contributed by atoms with E-state index in [2.05, 4.69) is 39.8 Å². The van der Waals surface area contributed by atoms with Gasteiger partial charge < -0.3 is 4.74 Å². The fraction of sp³-hybridized carbons (Fsp3) is 0.794. The van der Waals surface area contributed by atoms with Crippen LogP contribution in [0.2, 0.25) is 0 Å². The van der Waals surface area contributed by atoms with Crippen molar-refractivity contribution in [3.05, 3.63) is 34.9 Å². The van der Waals surface area contributed by atoms with Crippen LogP contribution < -0.4 is 0 Å². The average Bonchev–Trinajstić information content (AvgIpc) is 2.87. The summed E-state index contributed by atoms with van der Waals surface area (Å²) in [7, 11) is 0. The van der Waals surface area contributed by atoms with Gasteiger partial charge in [-0.25, -0.2) is 0 Å². The van der Waals surface area contributed by atoms with Crippen molar-refractivity contribution in [1.82, 2.24) is 0 Å². The van der Waals surface area contributed by atoms with Gasteiger partial charge in [-0.2, -0.15) is 0 Å². The Morgan fingerprint density at radius 3 is 1.58 bits per heavy atom. The van der Waals surface area contributed by atoms with Gasteiger partial charge in [0.2, 0.25) is 0 Å².